The zero-order valence-electron chi connectivity index (χ0n) is 11.9. The lowest BCUT2D eigenvalue weighted by molar-refractivity contribution is -0.385. The van der Waals surface area contributed by atoms with Crippen LogP contribution in [0.4, 0.5) is 5.69 Å². The predicted octanol–water partition coefficient (Wildman–Crippen LogP) is 3.54. The molecule has 1 N–H and O–H groups in total. The summed E-state index contributed by atoms with van der Waals surface area (Å²) in [5, 5.41) is 20.6. The molecule has 5 nitrogen and oxygen atoms in total. The van der Waals surface area contributed by atoms with Crippen LogP contribution in [0.25, 0.3) is 0 Å². The third kappa shape index (κ3) is 3.38. The number of nitro benzene ring substituents is 1. The van der Waals surface area contributed by atoms with Crippen molar-refractivity contribution in [2.75, 3.05) is 0 Å². The highest BCUT2D eigenvalue weighted by atomic mass is 16.6. The van der Waals surface area contributed by atoms with E-state index in [1.165, 1.54) is 6.07 Å². The van der Waals surface area contributed by atoms with Crippen LogP contribution < -0.4 is 4.74 Å². The Hall–Kier alpha value is -2.40. The smallest absolute Gasteiger partial charge is 0.272 e. The van der Waals surface area contributed by atoms with Crippen LogP contribution in [0.2, 0.25) is 0 Å². The van der Waals surface area contributed by atoms with Crippen molar-refractivity contribution in [2.24, 2.45) is 0 Å². The zero-order valence-corrected chi connectivity index (χ0v) is 11.9. The summed E-state index contributed by atoms with van der Waals surface area (Å²) in [5.74, 6) is 0.582. The SMILES string of the molecule is Cc1c(COc2ccccc2C(C)O)cccc1[N+](=O)[O-]. The first-order valence-corrected chi connectivity index (χ1v) is 6.63. The Bertz CT molecular complexity index is 652. The van der Waals surface area contributed by atoms with Gasteiger partial charge in [0.25, 0.3) is 5.69 Å². The first-order valence-electron chi connectivity index (χ1n) is 6.63. The number of hydrogen-bond acceptors (Lipinski definition) is 4. The number of hydrogen-bond donors (Lipinski definition) is 1. The third-order valence-corrected chi connectivity index (χ3v) is 3.37. The molecule has 2 rings (SSSR count). The summed E-state index contributed by atoms with van der Waals surface area (Å²) in [4.78, 5) is 10.5. The molecule has 0 amide bonds. The number of nitrogens with zero attached hydrogens (tertiary/aromatic N) is 1. The summed E-state index contributed by atoms with van der Waals surface area (Å²) in [6.45, 7) is 3.59. The van der Waals surface area contributed by atoms with Gasteiger partial charge in [-0.3, -0.25) is 10.1 Å². The van der Waals surface area contributed by atoms with Gasteiger partial charge < -0.3 is 9.84 Å². The van der Waals surface area contributed by atoms with Gasteiger partial charge in [0.15, 0.2) is 0 Å². The lowest BCUT2D eigenvalue weighted by Gasteiger charge is -2.14. The standard InChI is InChI=1S/C16H17NO4/c1-11-13(6-5-8-15(11)17(19)20)10-21-16-9-4-3-7-14(16)12(2)18/h3-9,12,18H,10H2,1-2H3. The van der Waals surface area contributed by atoms with Gasteiger partial charge in [-0.1, -0.05) is 30.3 Å². The molecule has 0 aromatic heterocycles. The molecule has 0 fully saturated rings. The lowest BCUT2D eigenvalue weighted by atomic mass is 10.1. The van der Waals surface area contributed by atoms with Crippen LogP contribution in [0.3, 0.4) is 0 Å². The molecule has 0 spiro atoms. The van der Waals surface area contributed by atoms with Crippen LogP contribution in [0, 0.1) is 17.0 Å². The molecule has 0 aliphatic heterocycles. The second-order valence-electron chi connectivity index (χ2n) is 4.82. The number of aliphatic hydroxyl groups is 1. The molecule has 2 aromatic carbocycles. The Morgan fingerprint density at radius 2 is 1.95 bits per heavy atom. The van der Waals surface area contributed by atoms with E-state index in [0.717, 1.165) is 5.56 Å². The van der Waals surface area contributed by atoms with Crippen molar-refractivity contribution in [3.63, 3.8) is 0 Å². The van der Waals surface area contributed by atoms with Crippen molar-refractivity contribution in [2.45, 2.75) is 26.6 Å². The van der Waals surface area contributed by atoms with Gasteiger partial charge in [0.1, 0.15) is 12.4 Å². The average molecular weight is 287 g/mol. The summed E-state index contributed by atoms with van der Waals surface area (Å²) < 4.78 is 5.72. The van der Waals surface area contributed by atoms with Gasteiger partial charge in [0.05, 0.1) is 11.0 Å². The zero-order chi connectivity index (χ0) is 15.4. The van der Waals surface area contributed by atoms with E-state index in [2.05, 4.69) is 0 Å². The van der Waals surface area contributed by atoms with Crippen molar-refractivity contribution in [1.82, 2.24) is 0 Å². The summed E-state index contributed by atoms with van der Waals surface area (Å²) in [5.41, 5.74) is 2.13. The van der Waals surface area contributed by atoms with E-state index < -0.39 is 11.0 Å². The minimum absolute atomic E-state index is 0.0833. The molecule has 1 atom stereocenters. The minimum atomic E-state index is -0.632. The van der Waals surface area contributed by atoms with Gasteiger partial charge in [-0.2, -0.15) is 0 Å². The Balaban J connectivity index is 2.21. The van der Waals surface area contributed by atoms with E-state index in [0.29, 0.717) is 16.9 Å². The monoisotopic (exact) mass is 287 g/mol. The number of benzene rings is 2. The van der Waals surface area contributed by atoms with E-state index in [9.17, 15) is 15.2 Å². The molecule has 5 heteroatoms. The fraction of sp³-hybridized carbons (Fsp3) is 0.250. The van der Waals surface area contributed by atoms with Crippen molar-refractivity contribution >= 4 is 5.69 Å². The lowest BCUT2D eigenvalue weighted by Crippen LogP contribution is -2.03. The molecular formula is C16H17NO4. The molecule has 0 bridgehead atoms. The number of rotatable bonds is 5. The van der Waals surface area contributed by atoms with Gasteiger partial charge in [0, 0.05) is 17.2 Å². The molecule has 110 valence electrons. The van der Waals surface area contributed by atoms with Gasteiger partial charge in [-0.15, -0.1) is 0 Å². The molecule has 0 saturated carbocycles. The second kappa shape index (κ2) is 6.37. The highest BCUT2D eigenvalue weighted by Crippen LogP contribution is 2.27. The van der Waals surface area contributed by atoms with Crippen LogP contribution >= 0.6 is 0 Å². The maximum atomic E-state index is 10.9. The normalized spacial score (nSPS) is 12.0. The van der Waals surface area contributed by atoms with Crippen LogP contribution in [0.15, 0.2) is 42.5 Å². The molecule has 0 aliphatic rings. The second-order valence-corrected chi connectivity index (χ2v) is 4.82. The Morgan fingerprint density at radius 3 is 2.62 bits per heavy atom. The highest BCUT2D eigenvalue weighted by Gasteiger charge is 2.14. The maximum absolute atomic E-state index is 10.9. The number of ether oxygens (including phenoxy) is 1. The molecular weight excluding hydrogens is 270 g/mol. The quantitative estimate of drug-likeness (QED) is 0.674. The van der Waals surface area contributed by atoms with E-state index in [4.69, 9.17) is 4.74 Å². The Labute approximate surface area is 123 Å². The summed E-state index contributed by atoms with van der Waals surface area (Å²) >= 11 is 0. The van der Waals surface area contributed by atoms with E-state index >= 15 is 0 Å². The third-order valence-electron chi connectivity index (χ3n) is 3.37. The van der Waals surface area contributed by atoms with Crippen molar-refractivity contribution in [3.8, 4) is 5.75 Å². The largest absolute Gasteiger partial charge is 0.489 e. The van der Waals surface area contributed by atoms with E-state index in [1.54, 1.807) is 38.1 Å². The van der Waals surface area contributed by atoms with Crippen molar-refractivity contribution in [3.05, 3.63) is 69.3 Å². The van der Waals surface area contributed by atoms with Gasteiger partial charge in [-0.05, 0) is 25.5 Å². The first kappa shape index (κ1) is 15.0. The highest BCUT2D eigenvalue weighted by molar-refractivity contribution is 5.44. The molecule has 21 heavy (non-hydrogen) atoms. The molecule has 0 saturated heterocycles. The number of nitro groups is 1. The van der Waals surface area contributed by atoms with Gasteiger partial charge >= 0.3 is 0 Å². The fourth-order valence-electron chi connectivity index (χ4n) is 2.14. The van der Waals surface area contributed by atoms with E-state index in [1.807, 2.05) is 12.1 Å². The van der Waals surface area contributed by atoms with Gasteiger partial charge in [-0.25, -0.2) is 0 Å². The van der Waals surface area contributed by atoms with Gasteiger partial charge in [0.2, 0.25) is 0 Å². The molecule has 0 radical (unpaired) electrons. The Kier molecular flexibility index (Phi) is 4.55. The van der Waals surface area contributed by atoms with Crippen molar-refractivity contribution < 1.29 is 14.8 Å². The van der Waals surface area contributed by atoms with Crippen LogP contribution in [-0.2, 0) is 6.61 Å². The summed E-state index contributed by atoms with van der Waals surface area (Å²) in [6, 6.07) is 12.1. The first-order chi connectivity index (χ1) is 10.0. The van der Waals surface area contributed by atoms with Crippen LogP contribution in [0.1, 0.15) is 29.7 Å². The molecule has 2 aromatic rings. The van der Waals surface area contributed by atoms with Crippen LogP contribution in [0.5, 0.6) is 5.75 Å². The van der Waals surface area contributed by atoms with E-state index in [-0.39, 0.29) is 12.3 Å². The molecule has 0 aliphatic carbocycles. The molecule has 1 unspecified atom stereocenters. The average Bonchev–Trinajstić information content (AvgIpc) is 2.46. The predicted molar refractivity (Wildman–Crippen MR) is 79.2 cm³/mol. The minimum Gasteiger partial charge on any atom is -0.489 e. The summed E-state index contributed by atoms with van der Waals surface area (Å²) in [7, 11) is 0. The molecule has 0 heterocycles. The number of para-hydroxylation sites is 1. The fourth-order valence-corrected chi connectivity index (χ4v) is 2.14. The Morgan fingerprint density at radius 1 is 1.24 bits per heavy atom. The maximum Gasteiger partial charge on any atom is 0.272 e. The number of aliphatic hydroxyl groups excluding tert-OH is 1. The van der Waals surface area contributed by atoms with Crippen LogP contribution in [-0.4, -0.2) is 10.0 Å². The summed E-state index contributed by atoms with van der Waals surface area (Å²) in [6.07, 6.45) is -0.632. The topological polar surface area (TPSA) is 72.6 Å². The van der Waals surface area contributed by atoms with Crippen molar-refractivity contribution in [1.29, 1.82) is 0 Å².